The second kappa shape index (κ2) is 9.51. The van der Waals surface area contributed by atoms with Gasteiger partial charge in [0.05, 0.1) is 12.7 Å². The Bertz CT molecular complexity index is 1290. The third-order valence-corrected chi connectivity index (χ3v) is 5.73. The lowest BCUT2D eigenvalue weighted by Crippen LogP contribution is -2.44. The van der Waals surface area contributed by atoms with E-state index in [1.54, 1.807) is 0 Å². The summed E-state index contributed by atoms with van der Waals surface area (Å²) >= 11 is 0. The zero-order valence-electron chi connectivity index (χ0n) is 18.4. The predicted molar refractivity (Wildman–Crippen MR) is 115 cm³/mol. The van der Waals surface area contributed by atoms with E-state index in [2.05, 4.69) is 10.3 Å². The zero-order chi connectivity index (χ0) is 26.2. The lowest BCUT2D eigenvalue weighted by atomic mass is 9.92. The van der Waals surface area contributed by atoms with Crippen LogP contribution in [0.4, 0.5) is 32.2 Å². The summed E-state index contributed by atoms with van der Waals surface area (Å²) in [5, 5.41) is 2.33. The van der Waals surface area contributed by atoms with Gasteiger partial charge in [0.2, 0.25) is 0 Å². The van der Waals surface area contributed by atoms with Crippen molar-refractivity contribution in [3.63, 3.8) is 0 Å². The summed E-state index contributed by atoms with van der Waals surface area (Å²) in [7, 11) is 1.20. The van der Waals surface area contributed by atoms with Gasteiger partial charge in [0.1, 0.15) is 23.4 Å². The van der Waals surface area contributed by atoms with Crippen LogP contribution in [0.3, 0.4) is 0 Å². The van der Waals surface area contributed by atoms with Gasteiger partial charge >= 0.3 is 6.18 Å². The number of anilines is 1. The quantitative estimate of drug-likeness (QED) is 0.516. The van der Waals surface area contributed by atoms with Gasteiger partial charge in [-0.25, -0.2) is 18.2 Å². The van der Waals surface area contributed by atoms with Crippen molar-refractivity contribution in [3.05, 3.63) is 88.9 Å². The van der Waals surface area contributed by atoms with E-state index in [1.165, 1.54) is 19.4 Å². The molecule has 0 unspecified atom stereocenters. The molecule has 2 atom stereocenters. The molecule has 0 radical (unpaired) electrons. The SMILES string of the molecule is COc1cc(F)c([C@@H]2CN(c3ncccc3F)C(=O)[C@H]2NC(=O)c2ccc(C(F)(F)F)cc2)c(F)c1. The molecule has 6 nitrogen and oxygen atoms in total. The number of aromatic nitrogens is 1. The molecule has 1 saturated heterocycles. The van der Waals surface area contributed by atoms with Crippen molar-refractivity contribution in [2.75, 3.05) is 18.6 Å². The number of pyridine rings is 1. The molecular formula is C24H17F6N3O3. The van der Waals surface area contributed by atoms with E-state index in [0.29, 0.717) is 12.1 Å². The lowest BCUT2D eigenvalue weighted by Gasteiger charge is -2.20. The number of nitrogens with one attached hydrogen (secondary N) is 1. The number of benzene rings is 2. The molecule has 1 aromatic heterocycles. The largest absolute Gasteiger partial charge is 0.497 e. The molecule has 2 heterocycles. The Kier molecular flexibility index (Phi) is 6.61. The first-order valence-corrected chi connectivity index (χ1v) is 10.4. The van der Waals surface area contributed by atoms with Crippen LogP contribution in [-0.4, -0.2) is 36.5 Å². The number of ether oxygens (including phenoxy) is 1. The number of hydrogen-bond donors (Lipinski definition) is 1. The maximum Gasteiger partial charge on any atom is 0.416 e. The number of carbonyl (C=O) groups is 2. The van der Waals surface area contributed by atoms with E-state index < -0.39 is 70.9 Å². The van der Waals surface area contributed by atoms with Gasteiger partial charge in [-0.15, -0.1) is 0 Å². The Hall–Kier alpha value is -4.09. The monoisotopic (exact) mass is 509 g/mol. The number of hydrogen-bond acceptors (Lipinski definition) is 4. The van der Waals surface area contributed by atoms with Crippen molar-refractivity contribution < 1.29 is 40.7 Å². The van der Waals surface area contributed by atoms with Gasteiger partial charge < -0.3 is 10.1 Å². The van der Waals surface area contributed by atoms with E-state index in [-0.39, 0.29) is 11.3 Å². The first kappa shape index (κ1) is 25.0. The minimum Gasteiger partial charge on any atom is -0.497 e. The highest BCUT2D eigenvalue weighted by atomic mass is 19.4. The van der Waals surface area contributed by atoms with Crippen LogP contribution in [0.25, 0.3) is 0 Å². The molecule has 4 rings (SSSR count). The fourth-order valence-electron chi connectivity index (χ4n) is 3.99. The molecule has 1 aliphatic heterocycles. The van der Waals surface area contributed by atoms with Crippen molar-refractivity contribution in [2.24, 2.45) is 0 Å². The smallest absolute Gasteiger partial charge is 0.416 e. The molecule has 1 N–H and O–H groups in total. The molecule has 1 fully saturated rings. The summed E-state index contributed by atoms with van der Waals surface area (Å²) < 4.78 is 87.6. The third kappa shape index (κ3) is 4.70. The number of nitrogens with zero attached hydrogens (tertiary/aromatic N) is 2. The van der Waals surface area contributed by atoms with Crippen LogP contribution in [0, 0.1) is 17.5 Å². The van der Waals surface area contributed by atoms with Gasteiger partial charge in [-0.3, -0.25) is 14.5 Å². The molecule has 12 heteroatoms. The Morgan fingerprint density at radius 2 is 1.69 bits per heavy atom. The standard InChI is InChI=1S/C24H17F6N3O3/c1-36-14-9-17(26)19(18(27)10-14)15-11-33(21-16(25)3-2-8-31-21)23(35)20(15)32-22(34)12-4-6-13(7-5-12)24(28,29)30/h2-10,15,20H,11H2,1H3,(H,32,34)/t15-,20-/m0/s1. The highest BCUT2D eigenvalue weighted by Crippen LogP contribution is 2.37. The summed E-state index contributed by atoms with van der Waals surface area (Å²) in [6.45, 7) is -0.440. The molecule has 1 aliphatic rings. The molecule has 0 saturated carbocycles. The summed E-state index contributed by atoms with van der Waals surface area (Å²) in [5.74, 6) is -6.76. The number of halogens is 6. The Morgan fingerprint density at radius 1 is 1.06 bits per heavy atom. The van der Waals surface area contributed by atoms with Crippen LogP contribution in [0.2, 0.25) is 0 Å². The van der Waals surface area contributed by atoms with Crippen molar-refractivity contribution in [1.82, 2.24) is 10.3 Å². The summed E-state index contributed by atoms with van der Waals surface area (Å²) in [5.41, 5.74) is -1.78. The van der Waals surface area contributed by atoms with Crippen molar-refractivity contribution in [2.45, 2.75) is 18.1 Å². The van der Waals surface area contributed by atoms with E-state index in [4.69, 9.17) is 4.74 Å². The van der Waals surface area contributed by atoms with Gasteiger partial charge in [-0.1, -0.05) is 0 Å². The topological polar surface area (TPSA) is 71.5 Å². The normalized spacial score (nSPS) is 17.9. The molecule has 2 amide bonds. The molecule has 0 bridgehead atoms. The second-order valence-corrected chi connectivity index (χ2v) is 7.90. The molecular weight excluding hydrogens is 492 g/mol. The number of carbonyl (C=O) groups excluding carboxylic acids is 2. The first-order valence-electron chi connectivity index (χ1n) is 10.4. The van der Waals surface area contributed by atoms with Crippen LogP contribution in [0.5, 0.6) is 5.75 Å². The van der Waals surface area contributed by atoms with Crippen molar-refractivity contribution in [3.8, 4) is 5.75 Å². The highest BCUT2D eigenvalue weighted by molar-refractivity contribution is 6.04. The minimum atomic E-state index is -4.63. The third-order valence-electron chi connectivity index (χ3n) is 5.73. The Labute approximate surface area is 200 Å². The van der Waals surface area contributed by atoms with Crippen molar-refractivity contribution in [1.29, 1.82) is 0 Å². The van der Waals surface area contributed by atoms with E-state index >= 15 is 0 Å². The van der Waals surface area contributed by atoms with Gasteiger partial charge in [0, 0.05) is 41.9 Å². The van der Waals surface area contributed by atoms with Crippen LogP contribution in [0.15, 0.2) is 54.7 Å². The second-order valence-electron chi connectivity index (χ2n) is 7.90. The van der Waals surface area contributed by atoms with E-state index in [0.717, 1.165) is 35.2 Å². The van der Waals surface area contributed by atoms with Gasteiger partial charge in [-0.2, -0.15) is 13.2 Å². The van der Waals surface area contributed by atoms with Crippen LogP contribution in [-0.2, 0) is 11.0 Å². The van der Waals surface area contributed by atoms with E-state index in [1.807, 2.05) is 0 Å². The van der Waals surface area contributed by atoms with Crippen LogP contribution in [0.1, 0.15) is 27.4 Å². The number of alkyl halides is 3. The molecule has 0 spiro atoms. The zero-order valence-corrected chi connectivity index (χ0v) is 18.4. The molecule has 0 aliphatic carbocycles. The lowest BCUT2D eigenvalue weighted by molar-refractivity contribution is -0.137. The molecule has 36 heavy (non-hydrogen) atoms. The van der Waals surface area contributed by atoms with Gasteiger partial charge in [-0.05, 0) is 36.4 Å². The Morgan fingerprint density at radius 3 is 2.25 bits per heavy atom. The van der Waals surface area contributed by atoms with Gasteiger partial charge in [0.25, 0.3) is 11.8 Å². The highest BCUT2D eigenvalue weighted by Gasteiger charge is 2.46. The molecule has 188 valence electrons. The summed E-state index contributed by atoms with van der Waals surface area (Å²) in [6.07, 6.45) is -3.42. The van der Waals surface area contributed by atoms with Crippen LogP contribution >= 0.6 is 0 Å². The molecule has 2 aromatic carbocycles. The average Bonchev–Trinajstić information content (AvgIpc) is 3.13. The van der Waals surface area contributed by atoms with Crippen molar-refractivity contribution >= 4 is 17.6 Å². The summed E-state index contributed by atoms with van der Waals surface area (Å²) in [6, 6.07) is 5.68. The number of rotatable bonds is 5. The number of amides is 2. The average molecular weight is 509 g/mol. The fourth-order valence-corrected chi connectivity index (χ4v) is 3.99. The minimum absolute atomic E-state index is 0.129. The molecule has 3 aromatic rings. The van der Waals surface area contributed by atoms with Gasteiger partial charge in [0.15, 0.2) is 11.6 Å². The number of methoxy groups -OCH3 is 1. The van der Waals surface area contributed by atoms with Crippen LogP contribution < -0.4 is 15.0 Å². The predicted octanol–water partition coefficient (Wildman–Crippen LogP) is 4.46. The van der Waals surface area contributed by atoms with E-state index in [9.17, 15) is 35.9 Å². The summed E-state index contributed by atoms with van der Waals surface area (Å²) in [4.78, 5) is 30.7. The fraction of sp³-hybridized carbons (Fsp3) is 0.208. The Balaban J connectivity index is 1.71. The first-order chi connectivity index (χ1) is 17.0. The maximum absolute atomic E-state index is 14.9. The maximum atomic E-state index is 14.9.